The molecule has 0 rings (SSSR count). The van der Waals surface area contributed by atoms with Crippen LogP contribution in [-0.2, 0) is 9.53 Å². The van der Waals surface area contributed by atoms with E-state index in [9.17, 15) is 13.6 Å². The number of carboxylic acids is 1. The third kappa shape index (κ3) is 4.20. The Morgan fingerprint density at radius 3 is 2.50 bits per heavy atom. The van der Waals surface area contributed by atoms with Gasteiger partial charge in [-0.3, -0.25) is 0 Å². The van der Waals surface area contributed by atoms with Gasteiger partial charge >= 0.3 is 12.1 Å². The molecule has 5 heteroatoms. The summed E-state index contributed by atoms with van der Waals surface area (Å²) in [4.78, 5) is 9.70. The normalized spacial score (nSPS) is 11.5. The highest BCUT2D eigenvalue weighted by Crippen LogP contribution is 2.18. The average Bonchev–Trinajstić information content (AvgIpc) is 1.85. The zero-order chi connectivity index (χ0) is 8.20. The average molecular weight is 154 g/mol. The number of halogens is 2. The molecule has 0 aromatic heterocycles. The van der Waals surface area contributed by atoms with Crippen LogP contribution >= 0.6 is 0 Å². The van der Waals surface area contributed by atoms with Crippen LogP contribution in [0.5, 0.6) is 0 Å². The molecular weight excluding hydrogens is 146 g/mol. The molecule has 0 radical (unpaired) electrons. The quantitative estimate of drug-likeness (QED) is 0.659. The number of ether oxygens (including phenoxy) is 1. The van der Waals surface area contributed by atoms with Gasteiger partial charge in [-0.2, -0.15) is 8.78 Å². The standard InChI is InChI=1S/C5H8F2O3/c1-2-5(6,7)10-3-4(8)9/h2-3H2,1H3,(H,8,9). The predicted molar refractivity (Wildman–Crippen MR) is 28.8 cm³/mol. The van der Waals surface area contributed by atoms with E-state index in [1.807, 2.05) is 0 Å². The first-order chi connectivity index (χ1) is 4.48. The minimum atomic E-state index is -3.31. The van der Waals surface area contributed by atoms with E-state index in [-0.39, 0.29) is 0 Å². The number of aliphatic carboxylic acids is 1. The molecular formula is C5H8F2O3. The highest BCUT2D eigenvalue weighted by molar-refractivity contribution is 5.68. The third-order valence-electron chi connectivity index (χ3n) is 0.818. The summed E-state index contributed by atoms with van der Waals surface area (Å²) in [7, 11) is 0. The fourth-order valence-corrected chi connectivity index (χ4v) is 0.269. The maximum atomic E-state index is 12.0. The molecule has 60 valence electrons. The molecule has 0 saturated carbocycles. The first kappa shape index (κ1) is 9.29. The molecule has 0 aromatic rings. The number of carboxylic acid groups (broad SMARTS) is 1. The van der Waals surface area contributed by atoms with Crippen molar-refractivity contribution in [2.24, 2.45) is 0 Å². The van der Waals surface area contributed by atoms with E-state index in [1.165, 1.54) is 6.92 Å². The van der Waals surface area contributed by atoms with Gasteiger partial charge in [-0.05, 0) is 0 Å². The molecule has 0 unspecified atom stereocenters. The van der Waals surface area contributed by atoms with Crippen LogP contribution in [0.2, 0.25) is 0 Å². The number of hydrogen-bond acceptors (Lipinski definition) is 2. The van der Waals surface area contributed by atoms with Crippen molar-refractivity contribution in [3.8, 4) is 0 Å². The molecule has 0 heterocycles. The van der Waals surface area contributed by atoms with Crippen molar-refractivity contribution in [2.75, 3.05) is 6.61 Å². The van der Waals surface area contributed by atoms with Gasteiger partial charge in [0, 0.05) is 6.42 Å². The summed E-state index contributed by atoms with van der Waals surface area (Å²) in [6.07, 6.45) is -3.82. The summed E-state index contributed by atoms with van der Waals surface area (Å²) in [6, 6.07) is 0. The summed E-state index contributed by atoms with van der Waals surface area (Å²) < 4.78 is 27.8. The second-order valence-electron chi connectivity index (χ2n) is 1.67. The molecule has 0 aliphatic rings. The summed E-state index contributed by atoms with van der Waals surface area (Å²) in [5.74, 6) is -1.40. The van der Waals surface area contributed by atoms with Crippen LogP contribution in [0, 0.1) is 0 Å². The monoisotopic (exact) mass is 154 g/mol. The van der Waals surface area contributed by atoms with Crippen LogP contribution in [0.25, 0.3) is 0 Å². The molecule has 3 nitrogen and oxygen atoms in total. The fourth-order valence-electron chi connectivity index (χ4n) is 0.269. The molecule has 10 heavy (non-hydrogen) atoms. The summed E-state index contributed by atoms with van der Waals surface area (Å²) >= 11 is 0. The van der Waals surface area contributed by atoms with E-state index < -0.39 is 25.1 Å². The number of hydrogen-bond donors (Lipinski definition) is 1. The van der Waals surface area contributed by atoms with Crippen LogP contribution in [0.4, 0.5) is 8.78 Å². The molecule has 1 N–H and O–H groups in total. The van der Waals surface area contributed by atoms with Gasteiger partial charge in [0.25, 0.3) is 0 Å². The van der Waals surface area contributed by atoms with Gasteiger partial charge in [0.2, 0.25) is 0 Å². The Bertz CT molecular complexity index is 124. The maximum absolute atomic E-state index is 12.0. The maximum Gasteiger partial charge on any atom is 0.356 e. The van der Waals surface area contributed by atoms with Crippen molar-refractivity contribution in [1.82, 2.24) is 0 Å². The molecule has 0 saturated heterocycles. The summed E-state index contributed by atoms with van der Waals surface area (Å²) in [6.45, 7) is 0.253. The van der Waals surface area contributed by atoms with Crippen molar-refractivity contribution >= 4 is 5.97 Å². The number of rotatable bonds is 4. The fraction of sp³-hybridized carbons (Fsp3) is 0.800. The van der Waals surface area contributed by atoms with Crippen molar-refractivity contribution < 1.29 is 23.4 Å². The minimum Gasteiger partial charge on any atom is -0.480 e. The van der Waals surface area contributed by atoms with E-state index in [0.717, 1.165) is 0 Å². The SMILES string of the molecule is CCC(F)(F)OCC(=O)O. The van der Waals surface area contributed by atoms with E-state index in [0.29, 0.717) is 0 Å². The zero-order valence-corrected chi connectivity index (χ0v) is 5.43. The Morgan fingerprint density at radius 1 is 1.70 bits per heavy atom. The lowest BCUT2D eigenvalue weighted by Crippen LogP contribution is -2.23. The second kappa shape index (κ2) is 3.46. The third-order valence-corrected chi connectivity index (χ3v) is 0.818. The van der Waals surface area contributed by atoms with Crippen LogP contribution in [0.3, 0.4) is 0 Å². The van der Waals surface area contributed by atoms with Gasteiger partial charge in [0.15, 0.2) is 6.61 Å². The lowest BCUT2D eigenvalue weighted by Gasteiger charge is -2.11. The van der Waals surface area contributed by atoms with E-state index >= 15 is 0 Å². The second-order valence-corrected chi connectivity index (χ2v) is 1.67. The van der Waals surface area contributed by atoms with Crippen molar-refractivity contribution in [3.63, 3.8) is 0 Å². The lowest BCUT2D eigenvalue weighted by molar-refractivity contribution is -0.241. The smallest absolute Gasteiger partial charge is 0.356 e. The molecule has 0 spiro atoms. The highest BCUT2D eigenvalue weighted by atomic mass is 19.3. The zero-order valence-electron chi connectivity index (χ0n) is 5.43. The van der Waals surface area contributed by atoms with E-state index in [4.69, 9.17) is 5.11 Å². The predicted octanol–water partition coefficient (Wildman–Crippen LogP) is 1.09. The Morgan fingerprint density at radius 2 is 2.20 bits per heavy atom. The molecule has 0 fully saturated rings. The number of alkyl halides is 2. The topological polar surface area (TPSA) is 46.5 Å². The van der Waals surface area contributed by atoms with Gasteiger partial charge in [-0.25, -0.2) is 4.79 Å². The van der Waals surface area contributed by atoms with Gasteiger partial charge in [-0.15, -0.1) is 0 Å². The molecule has 0 aliphatic heterocycles. The van der Waals surface area contributed by atoms with Gasteiger partial charge in [0.1, 0.15) is 0 Å². The van der Waals surface area contributed by atoms with Crippen molar-refractivity contribution in [2.45, 2.75) is 19.5 Å². The van der Waals surface area contributed by atoms with Crippen LogP contribution in [0.1, 0.15) is 13.3 Å². The highest BCUT2D eigenvalue weighted by Gasteiger charge is 2.27. The molecule has 0 aliphatic carbocycles. The number of carbonyl (C=O) groups is 1. The largest absolute Gasteiger partial charge is 0.480 e. The first-order valence-electron chi connectivity index (χ1n) is 2.71. The van der Waals surface area contributed by atoms with Crippen molar-refractivity contribution in [3.05, 3.63) is 0 Å². The molecule has 0 atom stereocenters. The molecule has 0 bridgehead atoms. The Balaban J connectivity index is 3.56. The van der Waals surface area contributed by atoms with Crippen LogP contribution < -0.4 is 0 Å². The van der Waals surface area contributed by atoms with Gasteiger partial charge in [-0.1, -0.05) is 6.92 Å². The summed E-state index contributed by atoms with van der Waals surface area (Å²) in [5, 5.41) is 7.91. The van der Waals surface area contributed by atoms with Crippen molar-refractivity contribution in [1.29, 1.82) is 0 Å². The molecule has 0 amide bonds. The van der Waals surface area contributed by atoms with E-state index in [2.05, 4.69) is 4.74 Å². The lowest BCUT2D eigenvalue weighted by atomic mass is 10.5. The Labute approximate surface area is 56.6 Å². The molecule has 0 aromatic carbocycles. The Hall–Kier alpha value is -0.710. The van der Waals surface area contributed by atoms with E-state index in [1.54, 1.807) is 0 Å². The van der Waals surface area contributed by atoms with Gasteiger partial charge < -0.3 is 9.84 Å². The van der Waals surface area contributed by atoms with Gasteiger partial charge in [0.05, 0.1) is 0 Å². The first-order valence-corrected chi connectivity index (χ1v) is 2.71. The van der Waals surface area contributed by atoms with Crippen LogP contribution in [0.15, 0.2) is 0 Å². The Kier molecular flexibility index (Phi) is 3.21. The minimum absolute atomic E-state index is 0.514. The van der Waals surface area contributed by atoms with Crippen LogP contribution in [-0.4, -0.2) is 23.8 Å². The summed E-state index contributed by atoms with van der Waals surface area (Å²) in [5.41, 5.74) is 0.